The molecular weight excluding hydrogens is 1110 g/mol. The molecule has 12 N–H and O–H groups in total. The molecule has 3 heterocycles. The van der Waals surface area contributed by atoms with E-state index in [0.29, 0.717) is 12.8 Å². The van der Waals surface area contributed by atoms with Crippen LogP contribution < -0.4 is 5.32 Å². The molecule has 3 saturated heterocycles. The lowest BCUT2D eigenvalue weighted by Crippen LogP contribution is -2.66. The van der Waals surface area contributed by atoms with Gasteiger partial charge in [-0.25, -0.2) is 0 Å². The number of unbranched alkanes of at least 4 members (excludes halogenated alkanes) is 39. The van der Waals surface area contributed by atoms with E-state index in [-0.39, 0.29) is 18.9 Å². The molecule has 19 nitrogen and oxygen atoms in total. The fraction of sp³-hybridized carbons (Fsp3) is 0.985. The van der Waals surface area contributed by atoms with Gasteiger partial charge in [0.2, 0.25) is 5.91 Å². The molecule has 0 radical (unpaired) electrons. The zero-order valence-corrected chi connectivity index (χ0v) is 53.8. The maximum absolute atomic E-state index is 13.3. The summed E-state index contributed by atoms with van der Waals surface area (Å²) in [5, 5.41) is 120. The summed E-state index contributed by atoms with van der Waals surface area (Å²) < 4.78 is 34.4. The minimum Gasteiger partial charge on any atom is -0.394 e. The van der Waals surface area contributed by atoms with Gasteiger partial charge in [-0.3, -0.25) is 4.79 Å². The van der Waals surface area contributed by atoms with Gasteiger partial charge in [0.05, 0.1) is 38.6 Å². The molecule has 3 aliphatic heterocycles. The van der Waals surface area contributed by atoms with Crippen molar-refractivity contribution in [2.45, 2.75) is 394 Å². The first-order valence-electron chi connectivity index (χ1n) is 35.3. The molecule has 0 saturated carbocycles. The van der Waals surface area contributed by atoms with E-state index in [4.69, 9.17) is 28.4 Å². The van der Waals surface area contributed by atoms with Gasteiger partial charge in [-0.2, -0.15) is 0 Å². The molecule has 1 amide bonds. The van der Waals surface area contributed by atoms with Gasteiger partial charge < -0.3 is 89.9 Å². The SMILES string of the molecule is CCCCCCCCCCCCCCCCCCCCCCCCCCCCCCCCCC(O)C(COC1OC(CO)C(OC2OC(CO)C(OC3OC(CO)C(O)C(O)C3O)C(O)C2O)C(O)C1O)NC(=O)CCCCCCCCCCCC. The van der Waals surface area contributed by atoms with Crippen molar-refractivity contribution in [2.24, 2.45) is 0 Å². The predicted octanol–water partition coefficient (Wildman–Crippen LogP) is 9.11. The summed E-state index contributed by atoms with van der Waals surface area (Å²) in [7, 11) is 0. The van der Waals surface area contributed by atoms with Crippen LogP contribution in [-0.4, -0.2) is 193 Å². The highest BCUT2D eigenvalue weighted by atomic mass is 16.8. The Balaban J connectivity index is 1.34. The molecule has 17 atom stereocenters. The van der Waals surface area contributed by atoms with Gasteiger partial charge in [0.1, 0.15) is 73.2 Å². The number of amides is 1. The van der Waals surface area contributed by atoms with Crippen LogP contribution in [0.3, 0.4) is 0 Å². The summed E-state index contributed by atoms with van der Waals surface area (Å²) >= 11 is 0. The first-order chi connectivity index (χ1) is 41.8. The molecule has 0 spiro atoms. The number of aliphatic hydroxyl groups excluding tert-OH is 11. The number of hydrogen-bond acceptors (Lipinski definition) is 18. The number of carbonyl (C=O) groups is 1. The Labute approximate surface area is 519 Å². The lowest BCUT2D eigenvalue weighted by Gasteiger charge is -2.48. The maximum Gasteiger partial charge on any atom is 0.220 e. The molecule has 0 aromatic rings. The average molecular weight is 1240 g/mol. The Kier molecular flexibility index (Phi) is 46.3. The Morgan fingerprint density at radius 1 is 0.372 bits per heavy atom. The van der Waals surface area contributed by atoms with Crippen LogP contribution in [0.25, 0.3) is 0 Å². The normalized spacial score (nSPS) is 28.7. The fourth-order valence-corrected chi connectivity index (χ4v) is 12.4. The predicted molar refractivity (Wildman–Crippen MR) is 333 cm³/mol. The van der Waals surface area contributed by atoms with Gasteiger partial charge in [-0.1, -0.05) is 271 Å². The van der Waals surface area contributed by atoms with E-state index in [0.717, 1.165) is 44.9 Å². The number of ether oxygens (including phenoxy) is 6. The second-order valence-corrected chi connectivity index (χ2v) is 25.7. The second-order valence-electron chi connectivity index (χ2n) is 25.7. The smallest absolute Gasteiger partial charge is 0.220 e. The molecule has 3 rings (SSSR count). The molecule has 510 valence electrons. The highest BCUT2D eigenvalue weighted by Crippen LogP contribution is 2.33. The van der Waals surface area contributed by atoms with E-state index >= 15 is 0 Å². The number of aliphatic hydroxyl groups is 11. The molecule has 0 aromatic heterocycles. The molecule has 0 aromatic carbocycles. The average Bonchev–Trinajstić information content (AvgIpc) is 1.67. The lowest BCUT2D eigenvalue weighted by atomic mass is 9.96. The molecule has 3 aliphatic rings. The van der Waals surface area contributed by atoms with Gasteiger partial charge in [-0.05, 0) is 12.8 Å². The third-order valence-corrected chi connectivity index (χ3v) is 18.2. The minimum atomic E-state index is -1.97. The van der Waals surface area contributed by atoms with Gasteiger partial charge in [0.25, 0.3) is 0 Å². The molecule has 0 bridgehead atoms. The highest BCUT2D eigenvalue weighted by Gasteiger charge is 2.53. The zero-order chi connectivity index (χ0) is 62.6. The molecule has 0 aliphatic carbocycles. The largest absolute Gasteiger partial charge is 0.394 e. The van der Waals surface area contributed by atoms with Crippen molar-refractivity contribution < 1.29 is 89.4 Å². The Morgan fingerprint density at radius 2 is 0.663 bits per heavy atom. The van der Waals surface area contributed by atoms with Crippen molar-refractivity contribution in [1.82, 2.24) is 5.32 Å². The fourth-order valence-electron chi connectivity index (χ4n) is 12.4. The quantitative estimate of drug-likeness (QED) is 0.0253. The Bertz CT molecular complexity index is 1570. The van der Waals surface area contributed by atoms with Crippen LogP contribution in [0.4, 0.5) is 0 Å². The number of carbonyl (C=O) groups excluding carboxylic acids is 1. The first-order valence-corrected chi connectivity index (χ1v) is 35.3. The topological polar surface area (TPSA) is 307 Å². The Morgan fingerprint density at radius 3 is 1.01 bits per heavy atom. The molecule has 19 heteroatoms. The standard InChI is InChI=1S/C67H129NO18/c1-3-5-7-9-11-13-15-16-17-18-19-20-21-22-23-24-25-26-27-28-29-30-31-32-33-34-35-36-38-40-42-44-51(72)50(68-55(73)45-43-41-39-37-14-12-10-8-6-4-2)49-81-65-61(79)58(76)63(53(47-70)83-65)86-67-62(80)59(77)64(54(48-71)84-67)85-66-60(78)57(75)56(74)52(46-69)82-66/h50-54,56-67,69-72,74-80H,3-49H2,1-2H3,(H,68,73). The summed E-state index contributed by atoms with van der Waals surface area (Å²) in [6, 6.07) is -0.880. The van der Waals surface area contributed by atoms with E-state index in [1.807, 2.05) is 0 Å². The first kappa shape index (κ1) is 79.0. The van der Waals surface area contributed by atoms with Gasteiger partial charge >= 0.3 is 0 Å². The van der Waals surface area contributed by atoms with Crippen molar-refractivity contribution in [3.63, 3.8) is 0 Å². The lowest BCUT2D eigenvalue weighted by molar-refractivity contribution is -0.379. The van der Waals surface area contributed by atoms with E-state index in [1.165, 1.54) is 212 Å². The van der Waals surface area contributed by atoms with Gasteiger partial charge in [-0.15, -0.1) is 0 Å². The minimum absolute atomic E-state index is 0.241. The number of nitrogens with one attached hydrogen (secondary N) is 1. The van der Waals surface area contributed by atoms with Gasteiger partial charge in [0.15, 0.2) is 18.9 Å². The molecule has 86 heavy (non-hydrogen) atoms. The summed E-state index contributed by atoms with van der Waals surface area (Å²) in [6.07, 6.45) is 26.5. The van der Waals surface area contributed by atoms with E-state index < -0.39 is 124 Å². The number of hydrogen-bond donors (Lipinski definition) is 12. The van der Waals surface area contributed by atoms with Crippen molar-refractivity contribution >= 4 is 5.91 Å². The van der Waals surface area contributed by atoms with Crippen LogP contribution in [0.1, 0.15) is 290 Å². The van der Waals surface area contributed by atoms with Crippen molar-refractivity contribution in [2.75, 3.05) is 26.4 Å². The molecule has 3 fully saturated rings. The Hall–Kier alpha value is -1.21. The van der Waals surface area contributed by atoms with Gasteiger partial charge in [0, 0.05) is 6.42 Å². The van der Waals surface area contributed by atoms with E-state index in [1.54, 1.807) is 0 Å². The molecular formula is C67H129NO18. The van der Waals surface area contributed by atoms with Crippen molar-refractivity contribution in [1.29, 1.82) is 0 Å². The highest BCUT2D eigenvalue weighted by molar-refractivity contribution is 5.76. The van der Waals surface area contributed by atoms with Crippen LogP contribution in [-0.2, 0) is 33.2 Å². The monoisotopic (exact) mass is 1240 g/mol. The van der Waals surface area contributed by atoms with Crippen LogP contribution in [0, 0.1) is 0 Å². The van der Waals surface area contributed by atoms with Crippen molar-refractivity contribution in [3.8, 4) is 0 Å². The molecule has 17 unspecified atom stereocenters. The summed E-state index contributed by atoms with van der Waals surface area (Å²) in [4.78, 5) is 13.3. The van der Waals surface area contributed by atoms with Crippen LogP contribution in [0.5, 0.6) is 0 Å². The number of rotatable bonds is 55. The van der Waals surface area contributed by atoms with Crippen LogP contribution >= 0.6 is 0 Å². The maximum atomic E-state index is 13.3. The third-order valence-electron chi connectivity index (χ3n) is 18.2. The van der Waals surface area contributed by atoms with Crippen LogP contribution in [0.2, 0.25) is 0 Å². The van der Waals surface area contributed by atoms with E-state index in [2.05, 4.69) is 19.2 Å². The van der Waals surface area contributed by atoms with Crippen LogP contribution in [0.15, 0.2) is 0 Å². The summed E-state index contributed by atoms with van der Waals surface area (Å²) in [5.41, 5.74) is 0. The summed E-state index contributed by atoms with van der Waals surface area (Å²) in [5.74, 6) is -0.241. The third kappa shape index (κ3) is 32.4. The van der Waals surface area contributed by atoms with E-state index in [9.17, 15) is 61.0 Å². The summed E-state index contributed by atoms with van der Waals surface area (Å²) in [6.45, 7) is 1.81. The van der Waals surface area contributed by atoms with Crippen molar-refractivity contribution in [3.05, 3.63) is 0 Å². The second kappa shape index (κ2) is 50.4. The zero-order valence-electron chi connectivity index (χ0n) is 53.8.